The Bertz CT molecular complexity index is 447. The van der Waals surface area contributed by atoms with E-state index in [0.29, 0.717) is 0 Å². The van der Waals surface area contributed by atoms with Crippen LogP contribution in [0.1, 0.15) is 17.0 Å². The van der Waals surface area contributed by atoms with Crippen molar-refractivity contribution in [2.24, 2.45) is 5.73 Å². The van der Waals surface area contributed by atoms with Gasteiger partial charge in [0.05, 0.1) is 18.8 Å². The molecule has 0 aliphatic carbocycles. The Kier molecular flexibility index (Phi) is 4.68. The second-order valence-corrected chi connectivity index (χ2v) is 4.64. The van der Waals surface area contributed by atoms with E-state index in [0.717, 1.165) is 11.1 Å². The summed E-state index contributed by atoms with van der Waals surface area (Å²) in [5.74, 6) is -0.232. The lowest BCUT2D eigenvalue weighted by molar-refractivity contribution is 0.0953. The first kappa shape index (κ1) is 13.7. The Hall–Kier alpha value is -1.68. The summed E-state index contributed by atoms with van der Waals surface area (Å²) >= 11 is 0. The highest BCUT2D eigenvalue weighted by Crippen LogP contribution is 2.29. The van der Waals surface area contributed by atoms with E-state index in [1.54, 1.807) is 0 Å². The van der Waals surface area contributed by atoms with Gasteiger partial charge in [0.25, 0.3) is 0 Å². The molecule has 0 heterocycles. The van der Waals surface area contributed by atoms with Crippen molar-refractivity contribution < 1.29 is 10.2 Å². The highest BCUT2D eigenvalue weighted by Gasteiger charge is 2.27. The van der Waals surface area contributed by atoms with E-state index in [-0.39, 0.29) is 12.5 Å². The first-order valence-electron chi connectivity index (χ1n) is 6.38. The summed E-state index contributed by atoms with van der Waals surface area (Å²) in [5.41, 5.74) is 7.77. The third-order valence-corrected chi connectivity index (χ3v) is 3.31. The smallest absolute Gasteiger partial charge is 0.0822 e. The Labute approximate surface area is 113 Å². The Morgan fingerprint density at radius 2 is 1.26 bits per heavy atom. The molecule has 0 saturated carbocycles. The molecule has 0 fully saturated rings. The standard InChI is InChI=1S/C16H19NO2/c17-14(11-18)16(19)15(12-7-3-1-4-8-12)13-9-5-2-6-10-13/h1-10,14-16,18-19H,11,17H2. The van der Waals surface area contributed by atoms with Crippen LogP contribution in [0.2, 0.25) is 0 Å². The van der Waals surface area contributed by atoms with Gasteiger partial charge in [-0.25, -0.2) is 0 Å². The quantitative estimate of drug-likeness (QED) is 0.760. The lowest BCUT2D eigenvalue weighted by Gasteiger charge is -2.27. The molecule has 0 bridgehead atoms. The van der Waals surface area contributed by atoms with Crippen LogP contribution in [-0.4, -0.2) is 29.0 Å². The van der Waals surface area contributed by atoms with Crippen LogP contribution in [-0.2, 0) is 0 Å². The van der Waals surface area contributed by atoms with Gasteiger partial charge >= 0.3 is 0 Å². The van der Waals surface area contributed by atoms with Gasteiger partial charge in [0.2, 0.25) is 0 Å². The molecule has 0 saturated heterocycles. The van der Waals surface area contributed by atoms with Crippen LogP contribution in [0, 0.1) is 0 Å². The molecule has 3 heteroatoms. The number of benzene rings is 2. The topological polar surface area (TPSA) is 66.5 Å². The molecule has 0 spiro atoms. The van der Waals surface area contributed by atoms with E-state index < -0.39 is 12.1 Å². The highest BCUT2D eigenvalue weighted by molar-refractivity contribution is 5.34. The first-order chi connectivity index (χ1) is 9.24. The largest absolute Gasteiger partial charge is 0.395 e. The summed E-state index contributed by atoms with van der Waals surface area (Å²) in [4.78, 5) is 0. The van der Waals surface area contributed by atoms with Crippen molar-refractivity contribution in [2.45, 2.75) is 18.1 Å². The normalized spacial score (nSPS) is 14.3. The van der Waals surface area contributed by atoms with Crippen LogP contribution in [0.25, 0.3) is 0 Å². The van der Waals surface area contributed by atoms with Gasteiger partial charge in [-0.15, -0.1) is 0 Å². The number of hydrogen-bond donors (Lipinski definition) is 3. The average molecular weight is 257 g/mol. The van der Waals surface area contributed by atoms with Crippen LogP contribution in [0.15, 0.2) is 60.7 Å². The monoisotopic (exact) mass is 257 g/mol. The van der Waals surface area contributed by atoms with Crippen LogP contribution in [0.4, 0.5) is 0 Å². The number of nitrogens with two attached hydrogens (primary N) is 1. The molecule has 0 aliphatic heterocycles. The van der Waals surface area contributed by atoms with Crippen molar-refractivity contribution in [3.63, 3.8) is 0 Å². The lowest BCUT2D eigenvalue weighted by Crippen LogP contribution is -2.42. The molecule has 2 rings (SSSR count). The minimum absolute atomic E-state index is 0.232. The van der Waals surface area contributed by atoms with E-state index in [9.17, 15) is 5.11 Å². The Morgan fingerprint density at radius 1 is 0.842 bits per heavy atom. The number of aliphatic hydroxyl groups excluding tert-OH is 2. The van der Waals surface area contributed by atoms with Crippen molar-refractivity contribution in [2.75, 3.05) is 6.61 Å². The zero-order valence-corrected chi connectivity index (χ0v) is 10.7. The van der Waals surface area contributed by atoms with Crippen molar-refractivity contribution in [3.05, 3.63) is 71.8 Å². The van der Waals surface area contributed by atoms with E-state index in [1.165, 1.54) is 0 Å². The third kappa shape index (κ3) is 3.20. The maximum absolute atomic E-state index is 10.4. The molecule has 0 radical (unpaired) electrons. The predicted molar refractivity (Wildman–Crippen MR) is 75.8 cm³/mol. The van der Waals surface area contributed by atoms with Crippen LogP contribution in [0.3, 0.4) is 0 Å². The molecular formula is C16H19NO2. The van der Waals surface area contributed by atoms with Crippen molar-refractivity contribution in [1.29, 1.82) is 0 Å². The minimum Gasteiger partial charge on any atom is -0.395 e. The number of hydrogen-bond acceptors (Lipinski definition) is 3. The second kappa shape index (κ2) is 6.48. The van der Waals surface area contributed by atoms with Gasteiger partial charge in [-0.1, -0.05) is 60.7 Å². The van der Waals surface area contributed by atoms with Crippen molar-refractivity contribution in [1.82, 2.24) is 0 Å². The maximum Gasteiger partial charge on any atom is 0.0822 e. The molecule has 2 unspecified atom stereocenters. The second-order valence-electron chi connectivity index (χ2n) is 4.64. The van der Waals surface area contributed by atoms with Gasteiger partial charge < -0.3 is 15.9 Å². The van der Waals surface area contributed by atoms with Crippen molar-refractivity contribution >= 4 is 0 Å². The van der Waals surface area contributed by atoms with E-state index in [2.05, 4.69) is 0 Å². The van der Waals surface area contributed by atoms with Crippen molar-refractivity contribution in [3.8, 4) is 0 Å². The summed E-state index contributed by atoms with van der Waals surface area (Å²) in [5, 5.41) is 19.6. The predicted octanol–water partition coefficient (Wildman–Crippen LogP) is 1.50. The highest BCUT2D eigenvalue weighted by atomic mass is 16.3. The fourth-order valence-electron chi connectivity index (χ4n) is 2.26. The van der Waals surface area contributed by atoms with Crippen LogP contribution < -0.4 is 5.73 Å². The summed E-state index contributed by atoms with van der Waals surface area (Å²) in [6.07, 6.45) is -0.824. The molecule has 100 valence electrons. The van der Waals surface area contributed by atoms with Crippen LogP contribution >= 0.6 is 0 Å². The molecule has 2 aromatic carbocycles. The van der Waals surface area contributed by atoms with Gasteiger partial charge in [0.15, 0.2) is 0 Å². The SMILES string of the molecule is NC(CO)C(O)C(c1ccccc1)c1ccccc1. The average Bonchev–Trinajstić information content (AvgIpc) is 2.49. The van der Waals surface area contributed by atoms with Gasteiger partial charge in [-0.3, -0.25) is 0 Å². The zero-order chi connectivity index (χ0) is 13.7. The molecule has 19 heavy (non-hydrogen) atoms. The van der Waals surface area contributed by atoms with E-state index >= 15 is 0 Å². The van der Waals surface area contributed by atoms with Gasteiger partial charge in [0.1, 0.15) is 0 Å². The summed E-state index contributed by atoms with van der Waals surface area (Å²) in [6, 6.07) is 18.8. The molecular weight excluding hydrogens is 238 g/mol. The molecule has 2 aromatic rings. The fourth-order valence-corrected chi connectivity index (χ4v) is 2.26. The van der Waals surface area contributed by atoms with E-state index in [4.69, 9.17) is 10.8 Å². The summed E-state index contributed by atoms with van der Waals surface area (Å²) in [7, 11) is 0. The summed E-state index contributed by atoms with van der Waals surface area (Å²) in [6.45, 7) is -0.239. The molecule has 3 nitrogen and oxygen atoms in total. The molecule has 4 N–H and O–H groups in total. The number of rotatable bonds is 5. The minimum atomic E-state index is -0.824. The van der Waals surface area contributed by atoms with Crippen LogP contribution in [0.5, 0.6) is 0 Å². The molecule has 2 atom stereocenters. The summed E-state index contributed by atoms with van der Waals surface area (Å²) < 4.78 is 0. The molecule has 0 amide bonds. The third-order valence-electron chi connectivity index (χ3n) is 3.31. The Balaban J connectivity index is 2.40. The molecule has 0 aliphatic rings. The number of aliphatic hydroxyl groups is 2. The fraction of sp³-hybridized carbons (Fsp3) is 0.250. The molecule has 0 aromatic heterocycles. The van der Waals surface area contributed by atoms with Gasteiger partial charge in [-0.05, 0) is 11.1 Å². The lowest BCUT2D eigenvalue weighted by atomic mass is 9.84. The maximum atomic E-state index is 10.4. The van der Waals surface area contributed by atoms with Gasteiger partial charge in [-0.2, -0.15) is 0 Å². The Morgan fingerprint density at radius 3 is 1.63 bits per heavy atom. The first-order valence-corrected chi connectivity index (χ1v) is 6.38. The van der Waals surface area contributed by atoms with Gasteiger partial charge in [0, 0.05) is 5.92 Å². The van der Waals surface area contributed by atoms with E-state index in [1.807, 2.05) is 60.7 Å². The zero-order valence-electron chi connectivity index (χ0n) is 10.7.